The van der Waals surface area contributed by atoms with Gasteiger partial charge >= 0.3 is 0 Å². The number of thiazole rings is 1. The fraction of sp³-hybridized carbons (Fsp3) is 0.211. The maximum absolute atomic E-state index is 12.3. The summed E-state index contributed by atoms with van der Waals surface area (Å²) in [6.07, 6.45) is 4.17. The molecule has 0 aliphatic rings. The number of nitrogens with zero attached hydrogens (tertiary/aromatic N) is 2. The van der Waals surface area contributed by atoms with Crippen molar-refractivity contribution in [2.75, 3.05) is 20.8 Å². The first kappa shape index (κ1) is 17.9. The highest BCUT2D eigenvalue weighted by atomic mass is 32.1. The number of ether oxygens (including phenoxy) is 2. The van der Waals surface area contributed by atoms with Gasteiger partial charge in [-0.1, -0.05) is 0 Å². The van der Waals surface area contributed by atoms with E-state index in [-0.39, 0.29) is 5.91 Å². The van der Waals surface area contributed by atoms with Crippen molar-refractivity contribution >= 4 is 17.2 Å². The van der Waals surface area contributed by atoms with Gasteiger partial charge in [0.1, 0.15) is 0 Å². The van der Waals surface area contributed by atoms with Gasteiger partial charge in [-0.15, -0.1) is 11.3 Å². The van der Waals surface area contributed by atoms with Crippen LogP contribution in [-0.2, 0) is 6.42 Å². The Balaban J connectivity index is 1.57. The quantitative estimate of drug-likeness (QED) is 0.692. The third kappa shape index (κ3) is 4.18. The van der Waals surface area contributed by atoms with Crippen LogP contribution in [0.2, 0.25) is 0 Å². The van der Waals surface area contributed by atoms with E-state index in [1.54, 1.807) is 56.1 Å². The van der Waals surface area contributed by atoms with Crippen LogP contribution in [0.15, 0.2) is 48.1 Å². The molecule has 0 aliphatic carbocycles. The molecule has 0 spiro atoms. The number of pyridine rings is 1. The predicted octanol–water partition coefficient (Wildman–Crippen LogP) is 3.19. The second-order valence-electron chi connectivity index (χ2n) is 5.44. The molecule has 7 heteroatoms. The van der Waals surface area contributed by atoms with Crippen LogP contribution in [0.4, 0.5) is 0 Å². The molecule has 1 N–H and O–H groups in total. The molecule has 3 aromatic rings. The molecular formula is C19H19N3O3S. The molecule has 0 fully saturated rings. The number of carbonyl (C=O) groups is 1. The minimum Gasteiger partial charge on any atom is -0.493 e. The maximum atomic E-state index is 12.3. The minimum absolute atomic E-state index is 0.156. The standard InChI is InChI=1S/C19H19N3O3S/c1-24-16-4-3-14(11-17(16)25-2)19(23)21-10-7-18-22-15(12-26-18)13-5-8-20-9-6-13/h3-6,8-9,11-12H,7,10H2,1-2H3,(H,21,23). The Morgan fingerprint density at radius 3 is 2.62 bits per heavy atom. The van der Waals surface area contributed by atoms with Crippen molar-refractivity contribution in [2.45, 2.75) is 6.42 Å². The van der Waals surface area contributed by atoms with E-state index in [4.69, 9.17) is 9.47 Å². The first-order valence-corrected chi connectivity index (χ1v) is 8.94. The van der Waals surface area contributed by atoms with Crippen molar-refractivity contribution in [2.24, 2.45) is 0 Å². The van der Waals surface area contributed by atoms with Crippen LogP contribution in [0.1, 0.15) is 15.4 Å². The summed E-state index contributed by atoms with van der Waals surface area (Å²) in [6, 6.07) is 8.95. The number of hydrogen-bond donors (Lipinski definition) is 1. The van der Waals surface area contributed by atoms with E-state index in [0.29, 0.717) is 30.0 Å². The zero-order chi connectivity index (χ0) is 18.4. The van der Waals surface area contributed by atoms with E-state index < -0.39 is 0 Å². The van der Waals surface area contributed by atoms with Gasteiger partial charge in [-0.25, -0.2) is 4.98 Å². The minimum atomic E-state index is -0.156. The predicted molar refractivity (Wildman–Crippen MR) is 101 cm³/mol. The van der Waals surface area contributed by atoms with Crippen molar-refractivity contribution in [3.05, 3.63) is 58.7 Å². The second kappa shape index (κ2) is 8.44. The molecule has 3 rings (SSSR count). The molecular weight excluding hydrogens is 350 g/mol. The number of benzene rings is 1. The highest BCUT2D eigenvalue weighted by Gasteiger charge is 2.11. The lowest BCUT2D eigenvalue weighted by atomic mass is 10.2. The summed E-state index contributed by atoms with van der Waals surface area (Å²) in [4.78, 5) is 20.9. The zero-order valence-corrected chi connectivity index (χ0v) is 15.4. The number of carbonyl (C=O) groups excluding carboxylic acids is 1. The Bertz CT molecular complexity index is 881. The van der Waals surface area contributed by atoms with Gasteiger partial charge in [0.15, 0.2) is 11.5 Å². The van der Waals surface area contributed by atoms with Gasteiger partial charge in [0.2, 0.25) is 0 Å². The van der Waals surface area contributed by atoms with Crippen molar-refractivity contribution < 1.29 is 14.3 Å². The molecule has 0 saturated carbocycles. The third-order valence-corrected chi connectivity index (χ3v) is 4.71. The lowest BCUT2D eigenvalue weighted by Crippen LogP contribution is -2.25. The van der Waals surface area contributed by atoms with Crippen LogP contribution in [0.3, 0.4) is 0 Å². The van der Waals surface area contributed by atoms with E-state index in [0.717, 1.165) is 16.3 Å². The smallest absolute Gasteiger partial charge is 0.251 e. The van der Waals surface area contributed by atoms with E-state index in [2.05, 4.69) is 15.3 Å². The van der Waals surface area contributed by atoms with Gasteiger partial charge < -0.3 is 14.8 Å². The Morgan fingerprint density at radius 1 is 1.12 bits per heavy atom. The van der Waals surface area contributed by atoms with Crippen LogP contribution in [0.25, 0.3) is 11.3 Å². The number of hydrogen-bond acceptors (Lipinski definition) is 6. The Labute approximate surface area is 155 Å². The third-order valence-electron chi connectivity index (χ3n) is 3.80. The first-order valence-electron chi connectivity index (χ1n) is 8.06. The number of aromatic nitrogens is 2. The van der Waals surface area contributed by atoms with Crippen LogP contribution in [0.5, 0.6) is 11.5 Å². The van der Waals surface area contributed by atoms with Crippen molar-refractivity contribution in [3.63, 3.8) is 0 Å². The van der Waals surface area contributed by atoms with Gasteiger partial charge in [-0.2, -0.15) is 0 Å². The zero-order valence-electron chi connectivity index (χ0n) is 14.6. The molecule has 1 amide bonds. The summed E-state index contributed by atoms with van der Waals surface area (Å²) in [5.74, 6) is 0.967. The number of methoxy groups -OCH3 is 2. The van der Waals surface area contributed by atoms with E-state index >= 15 is 0 Å². The SMILES string of the molecule is COc1ccc(C(=O)NCCc2nc(-c3ccncc3)cs2)cc1OC. The average molecular weight is 369 g/mol. The monoisotopic (exact) mass is 369 g/mol. The average Bonchev–Trinajstić information content (AvgIpc) is 3.17. The van der Waals surface area contributed by atoms with E-state index in [1.807, 2.05) is 17.5 Å². The lowest BCUT2D eigenvalue weighted by Gasteiger charge is -2.09. The second-order valence-corrected chi connectivity index (χ2v) is 6.38. The molecule has 26 heavy (non-hydrogen) atoms. The van der Waals surface area contributed by atoms with Gasteiger partial charge in [-0.3, -0.25) is 9.78 Å². The highest BCUT2D eigenvalue weighted by molar-refractivity contribution is 7.09. The highest BCUT2D eigenvalue weighted by Crippen LogP contribution is 2.27. The molecule has 0 unspecified atom stereocenters. The number of amides is 1. The van der Waals surface area contributed by atoms with E-state index in [9.17, 15) is 4.79 Å². The Morgan fingerprint density at radius 2 is 1.88 bits per heavy atom. The molecule has 0 aliphatic heterocycles. The normalized spacial score (nSPS) is 10.4. The fourth-order valence-electron chi connectivity index (χ4n) is 2.44. The van der Waals surface area contributed by atoms with Crippen LogP contribution in [-0.4, -0.2) is 36.6 Å². The molecule has 2 heterocycles. The summed E-state index contributed by atoms with van der Waals surface area (Å²) >= 11 is 1.58. The molecule has 6 nitrogen and oxygen atoms in total. The molecule has 1 aromatic carbocycles. The molecule has 0 saturated heterocycles. The van der Waals surface area contributed by atoms with Gasteiger partial charge in [0, 0.05) is 41.9 Å². The van der Waals surface area contributed by atoms with E-state index in [1.165, 1.54) is 0 Å². The summed E-state index contributed by atoms with van der Waals surface area (Å²) in [7, 11) is 3.11. The largest absolute Gasteiger partial charge is 0.493 e. The molecule has 2 aromatic heterocycles. The molecule has 0 radical (unpaired) electrons. The van der Waals surface area contributed by atoms with Gasteiger partial charge in [0.25, 0.3) is 5.91 Å². The van der Waals surface area contributed by atoms with Gasteiger partial charge in [-0.05, 0) is 30.3 Å². The summed E-state index contributed by atoms with van der Waals surface area (Å²) in [6.45, 7) is 0.510. The lowest BCUT2D eigenvalue weighted by molar-refractivity contribution is 0.0953. The topological polar surface area (TPSA) is 73.3 Å². The first-order chi connectivity index (χ1) is 12.7. The molecule has 0 atom stereocenters. The van der Waals surface area contributed by atoms with Crippen LogP contribution >= 0.6 is 11.3 Å². The molecule has 0 bridgehead atoms. The van der Waals surface area contributed by atoms with Gasteiger partial charge in [0.05, 0.1) is 24.9 Å². The van der Waals surface area contributed by atoms with Crippen molar-refractivity contribution in [1.29, 1.82) is 0 Å². The van der Waals surface area contributed by atoms with Crippen molar-refractivity contribution in [1.82, 2.24) is 15.3 Å². The maximum Gasteiger partial charge on any atom is 0.251 e. The summed E-state index contributed by atoms with van der Waals surface area (Å²) in [5, 5.41) is 5.90. The fourth-order valence-corrected chi connectivity index (χ4v) is 3.25. The van der Waals surface area contributed by atoms with Crippen LogP contribution < -0.4 is 14.8 Å². The number of rotatable bonds is 7. The summed E-state index contributed by atoms with van der Waals surface area (Å²) in [5.41, 5.74) is 2.50. The Kier molecular flexibility index (Phi) is 5.80. The molecule has 134 valence electrons. The van der Waals surface area contributed by atoms with Crippen LogP contribution in [0, 0.1) is 0 Å². The number of nitrogens with one attached hydrogen (secondary N) is 1. The summed E-state index contributed by atoms with van der Waals surface area (Å²) < 4.78 is 10.4. The van der Waals surface area contributed by atoms with Crippen molar-refractivity contribution in [3.8, 4) is 22.8 Å². The Hall–Kier alpha value is -2.93.